The van der Waals surface area contributed by atoms with E-state index in [0.29, 0.717) is 5.92 Å². The molecular weight excluding hydrogens is 214 g/mol. The van der Waals surface area contributed by atoms with E-state index in [-0.39, 0.29) is 0 Å². The highest BCUT2D eigenvalue weighted by Crippen LogP contribution is 2.42. The zero-order valence-electron chi connectivity index (χ0n) is 10.2. The first kappa shape index (κ1) is 11.1. The second kappa shape index (κ2) is 4.00. The molecule has 2 bridgehead atoms. The predicted octanol–water partition coefficient (Wildman–Crippen LogP) is 1.61. The van der Waals surface area contributed by atoms with Crippen LogP contribution in [0, 0.1) is 5.92 Å². The van der Waals surface area contributed by atoms with E-state index < -0.39 is 5.60 Å². The maximum absolute atomic E-state index is 11.0. The summed E-state index contributed by atoms with van der Waals surface area (Å²) in [6, 6.07) is 7.88. The average Bonchev–Trinajstić information content (AvgIpc) is 2.40. The van der Waals surface area contributed by atoms with Gasteiger partial charge in [-0.05, 0) is 49.5 Å². The molecule has 0 spiro atoms. The molecule has 3 heterocycles. The van der Waals surface area contributed by atoms with Crippen molar-refractivity contribution in [2.24, 2.45) is 5.92 Å². The molecule has 3 fully saturated rings. The van der Waals surface area contributed by atoms with Crippen molar-refractivity contribution < 1.29 is 9.84 Å². The Morgan fingerprint density at radius 1 is 1.35 bits per heavy atom. The van der Waals surface area contributed by atoms with Crippen molar-refractivity contribution in [1.29, 1.82) is 0 Å². The SMILES string of the molecule is COc1cccc([C@@]2(O)CN3CCC2CC3)c1. The quantitative estimate of drug-likeness (QED) is 0.842. The molecule has 0 unspecified atom stereocenters. The molecule has 17 heavy (non-hydrogen) atoms. The minimum atomic E-state index is -0.676. The number of rotatable bonds is 2. The van der Waals surface area contributed by atoms with Gasteiger partial charge >= 0.3 is 0 Å². The molecule has 0 aromatic heterocycles. The van der Waals surface area contributed by atoms with Crippen molar-refractivity contribution in [3.8, 4) is 5.75 Å². The Kier molecular flexibility index (Phi) is 2.60. The summed E-state index contributed by atoms with van der Waals surface area (Å²) in [5, 5.41) is 11.0. The molecule has 1 N–H and O–H groups in total. The third-order valence-corrected chi connectivity index (χ3v) is 4.30. The average molecular weight is 233 g/mol. The molecule has 3 heteroatoms. The molecule has 0 aliphatic carbocycles. The summed E-state index contributed by atoms with van der Waals surface area (Å²) in [4.78, 5) is 2.36. The summed E-state index contributed by atoms with van der Waals surface area (Å²) >= 11 is 0. The highest BCUT2D eigenvalue weighted by Gasteiger charge is 2.46. The van der Waals surface area contributed by atoms with E-state index in [1.165, 1.54) is 0 Å². The largest absolute Gasteiger partial charge is 0.497 e. The molecule has 3 aliphatic rings. The number of piperidine rings is 3. The fourth-order valence-corrected chi connectivity index (χ4v) is 3.26. The zero-order valence-corrected chi connectivity index (χ0v) is 10.2. The first-order valence-corrected chi connectivity index (χ1v) is 6.31. The van der Waals surface area contributed by atoms with E-state index in [4.69, 9.17) is 4.74 Å². The van der Waals surface area contributed by atoms with E-state index in [1.54, 1.807) is 7.11 Å². The van der Waals surface area contributed by atoms with Crippen LogP contribution in [-0.4, -0.2) is 36.8 Å². The summed E-state index contributed by atoms with van der Waals surface area (Å²) in [6.07, 6.45) is 2.21. The van der Waals surface area contributed by atoms with Gasteiger partial charge in [-0.3, -0.25) is 0 Å². The van der Waals surface area contributed by atoms with E-state index >= 15 is 0 Å². The van der Waals surface area contributed by atoms with Gasteiger partial charge in [0.05, 0.1) is 7.11 Å². The second-order valence-electron chi connectivity index (χ2n) is 5.21. The van der Waals surface area contributed by atoms with Gasteiger partial charge in [0.15, 0.2) is 0 Å². The van der Waals surface area contributed by atoms with Crippen molar-refractivity contribution in [2.45, 2.75) is 18.4 Å². The summed E-state index contributed by atoms with van der Waals surface area (Å²) in [6.45, 7) is 3.04. The Bertz CT molecular complexity index is 412. The molecule has 1 atom stereocenters. The number of aliphatic hydroxyl groups is 1. The lowest BCUT2D eigenvalue weighted by Crippen LogP contribution is -2.57. The second-order valence-corrected chi connectivity index (χ2v) is 5.21. The van der Waals surface area contributed by atoms with Crippen molar-refractivity contribution in [3.63, 3.8) is 0 Å². The fourth-order valence-electron chi connectivity index (χ4n) is 3.26. The van der Waals surface area contributed by atoms with Gasteiger partial charge in [0.1, 0.15) is 11.4 Å². The van der Waals surface area contributed by atoms with Gasteiger partial charge in [0.25, 0.3) is 0 Å². The number of ether oxygens (including phenoxy) is 1. The standard InChI is InChI=1S/C14H19NO2/c1-17-13-4-2-3-12(9-13)14(16)10-15-7-5-11(14)6-8-15/h2-4,9,11,16H,5-8,10H2,1H3/t14-/m1/s1. The Hall–Kier alpha value is -1.06. The van der Waals surface area contributed by atoms with Gasteiger partial charge in [-0.1, -0.05) is 12.1 Å². The molecule has 3 aliphatic heterocycles. The zero-order chi connectivity index (χ0) is 11.9. The summed E-state index contributed by atoms with van der Waals surface area (Å²) in [5.41, 5.74) is 0.330. The predicted molar refractivity (Wildman–Crippen MR) is 66.1 cm³/mol. The first-order chi connectivity index (χ1) is 8.22. The van der Waals surface area contributed by atoms with Crippen LogP contribution in [0.25, 0.3) is 0 Å². The van der Waals surface area contributed by atoms with Crippen LogP contribution in [0.2, 0.25) is 0 Å². The highest BCUT2D eigenvalue weighted by atomic mass is 16.5. The van der Waals surface area contributed by atoms with Crippen molar-refractivity contribution in [3.05, 3.63) is 29.8 Å². The summed E-state index contributed by atoms with van der Waals surface area (Å²) in [7, 11) is 1.67. The van der Waals surface area contributed by atoms with Gasteiger partial charge in [-0.2, -0.15) is 0 Å². The number of fused-ring (bicyclic) bond motifs is 3. The van der Waals surface area contributed by atoms with Crippen molar-refractivity contribution in [1.82, 2.24) is 4.90 Å². The van der Waals surface area contributed by atoms with Crippen LogP contribution in [0.15, 0.2) is 24.3 Å². The van der Waals surface area contributed by atoms with Gasteiger partial charge in [0.2, 0.25) is 0 Å². The summed E-state index contributed by atoms with van der Waals surface area (Å²) in [5.74, 6) is 1.23. The molecule has 92 valence electrons. The molecule has 0 radical (unpaired) electrons. The molecule has 1 aromatic rings. The number of hydrogen-bond acceptors (Lipinski definition) is 3. The Balaban J connectivity index is 1.96. The molecule has 1 aromatic carbocycles. The monoisotopic (exact) mass is 233 g/mol. The lowest BCUT2D eigenvalue weighted by Gasteiger charge is -2.50. The fraction of sp³-hybridized carbons (Fsp3) is 0.571. The van der Waals surface area contributed by atoms with E-state index in [1.807, 2.05) is 24.3 Å². The van der Waals surface area contributed by atoms with E-state index in [2.05, 4.69) is 4.90 Å². The normalized spacial score (nSPS) is 35.9. The van der Waals surface area contributed by atoms with Gasteiger partial charge < -0.3 is 14.7 Å². The van der Waals surface area contributed by atoms with Crippen molar-refractivity contribution >= 4 is 0 Å². The Labute approximate surface area is 102 Å². The number of hydrogen-bond donors (Lipinski definition) is 1. The van der Waals surface area contributed by atoms with E-state index in [9.17, 15) is 5.11 Å². The first-order valence-electron chi connectivity index (χ1n) is 6.31. The topological polar surface area (TPSA) is 32.7 Å². The van der Waals surface area contributed by atoms with Gasteiger partial charge in [-0.15, -0.1) is 0 Å². The van der Waals surface area contributed by atoms with E-state index in [0.717, 1.165) is 43.8 Å². The number of methoxy groups -OCH3 is 1. The van der Waals surface area contributed by atoms with Crippen LogP contribution < -0.4 is 4.74 Å². The minimum Gasteiger partial charge on any atom is -0.497 e. The van der Waals surface area contributed by atoms with Crippen LogP contribution in [-0.2, 0) is 5.60 Å². The summed E-state index contributed by atoms with van der Waals surface area (Å²) < 4.78 is 5.25. The Morgan fingerprint density at radius 3 is 2.71 bits per heavy atom. The minimum absolute atomic E-state index is 0.402. The molecule has 3 saturated heterocycles. The molecular formula is C14H19NO2. The van der Waals surface area contributed by atoms with Crippen LogP contribution in [0.3, 0.4) is 0 Å². The van der Waals surface area contributed by atoms with Crippen LogP contribution >= 0.6 is 0 Å². The number of benzene rings is 1. The number of nitrogens with zero attached hydrogens (tertiary/aromatic N) is 1. The highest BCUT2D eigenvalue weighted by molar-refractivity contribution is 5.34. The molecule has 4 rings (SSSR count). The lowest BCUT2D eigenvalue weighted by atomic mass is 9.72. The van der Waals surface area contributed by atoms with Crippen molar-refractivity contribution in [2.75, 3.05) is 26.7 Å². The molecule has 3 nitrogen and oxygen atoms in total. The molecule has 0 saturated carbocycles. The van der Waals surface area contributed by atoms with Gasteiger partial charge in [0, 0.05) is 6.54 Å². The van der Waals surface area contributed by atoms with Crippen LogP contribution in [0.4, 0.5) is 0 Å². The third kappa shape index (κ3) is 1.74. The third-order valence-electron chi connectivity index (χ3n) is 4.30. The smallest absolute Gasteiger partial charge is 0.119 e. The maximum atomic E-state index is 11.0. The maximum Gasteiger partial charge on any atom is 0.119 e. The lowest BCUT2D eigenvalue weighted by molar-refractivity contribution is -0.117. The Morgan fingerprint density at radius 2 is 2.12 bits per heavy atom. The van der Waals surface area contributed by atoms with Gasteiger partial charge in [-0.25, -0.2) is 0 Å². The van der Waals surface area contributed by atoms with Crippen LogP contribution in [0.5, 0.6) is 5.75 Å². The molecule has 0 amide bonds. The van der Waals surface area contributed by atoms with Crippen LogP contribution in [0.1, 0.15) is 18.4 Å².